The Morgan fingerprint density at radius 1 is 0.418 bits per heavy atom. The lowest BCUT2D eigenvalue weighted by Crippen LogP contribution is -2.09. The number of aromatic carboxylic acids is 1. The third-order valence-electron chi connectivity index (χ3n) is 12.0. The maximum Gasteiger partial charge on any atom is 0.343 e. The van der Waals surface area contributed by atoms with Gasteiger partial charge in [0.1, 0.15) is 34.0 Å². The normalized spacial score (nSPS) is 10.5. The highest BCUT2D eigenvalue weighted by atomic mass is 16.5. The Balaban J connectivity index is 0.000000158. The van der Waals surface area contributed by atoms with Crippen LogP contribution in [0.1, 0.15) is 76.9 Å². The number of rotatable bonds is 12. The molecule has 400 valence electrons. The number of aromatic hydroxyl groups is 3. The number of carbonyl (C=O) groups is 4. The van der Waals surface area contributed by atoms with Crippen molar-refractivity contribution >= 4 is 56.8 Å². The molecule has 3 aromatic heterocycles. The zero-order valence-corrected chi connectivity index (χ0v) is 42.4. The van der Waals surface area contributed by atoms with E-state index >= 15 is 0 Å². The van der Waals surface area contributed by atoms with Crippen LogP contribution >= 0.6 is 0 Å². The maximum atomic E-state index is 12.1. The molecule has 0 unspecified atom stereocenters. The molecule has 0 saturated heterocycles. The molecule has 3 heterocycles. The number of carboxylic acids is 2. The third kappa shape index (κ3) is 14.4. The Hall–Kier alpha value is -10.6. The Labute approximate surface area is 449 Å². The lowest BCUT2D eigenvalue weighted by atomic mass is 10.0. The molecular formula is C62H50O17. The molecule has 10 rings (SSSR count). The molecule has 0 atom stereocenters. The molecule has 0 amide bonds. The Morgan fingerprint density at radius 2 is 0.747 bits per heavy atom. The molecule has 17 nitrogen and oxygen atoms in total. The van der Waals surface area contributed by atoms with E-state index < -0.39 is 40.8 Å². The summed E-state index contributed by atoms with van der Waals surface area (Å²) in [6.45, 7) is 2.06. The van der Waals surface area contributed by atoms with Crippen molar-refractivity contribution in [1.29, 1.82) is 0 Å². The van der Waals surface area contributed by atoms with E-state index in [1.165, 1.54) is 19.2 Å². The molecule has 5 N–H and O–H groups in total. The van der Waals surface area contributed by atoms with Gasteiger partial charge in [0.2, 0.25) is 0 Å². The second kappa shape index (κ2) is 26.3. The van der Waals surface area contributed by atoms with E-state index in [0.717, 1.165) is 16.7 Å². The summed E-state index contributed by atoms with van der Waals surface area (Å²) < 4.78 is 25.2. The van der Waals surface area contributed by atoms with E-state index in [2.05, 4.69) is 4.74 Å². The van der Waals surface area contributed by atoms with Gasteiger partial charge < -0.3 is 48.3 Å². The van der Waals surface area contributed by atoms with E-state index in [1.54, 1.807) is 153 Å². The summed E-state index contributed by atoms with van der Waals surface area (Å²) >= 11 is 0. The first kappa shape index (κ1) is 56.2. The number of aliphatic carboxylic acids is 1. The highest BCUT2D eigenvalue weighted by molar-refractivity contribution is 5.90. The van der Waals surface area contributed by atoms with Crippen LogP contribution in [0, 0.1) is 0 Å². The zero-order chi connectivity index (χ0) is 56.6. The molecule has 0 bridgehead atoms. The molecule has 7 aromatic carbocycles. The first-order valence-electron chi connectivity index (χ1n) is 24.3. The SMILES string of the molecule is CCOC(=O)c1ccc(Cc2c(O)c3ccccc3oc2=O)cc1.COC(=O)c1ccc(Cc2c(O)c3ccccc3oc2=O)cc1.O=C(O)Cc1ccccc1.O=C(O)c1ccc(Cc2c(O)c3ccccc3oc2=O)cc1. The Bertz CT molecular complexity index is 3970. The van der Waals surface area contributed by atoms with E-state index in [1.807, 2.05) is 18.2 Å². The minimum atomic E-state index is -1.01. The highest BCUT2D eigenvalue weighted by Gasteiger charge is 2.18. The van der Waals surface area contributed by atoms with Gasteiger partial charge in [0.15, 0.2) is 0 Å². The van der Waals surface area contributed by atoms with Crippen LogP contribution in [0.4, 0.5) is 0 Å². The average molecular weight is 1070 g/mol. The molecule has 79 heavy (non-hydrogen) atoms. The molecule has 0 saturated carbocycles. The number of fused-ring (bicyclic) bond motifs is 3. The summed E-state index contributed by atoms with van der Waals surface area (Å²) in [4.78, 5) is 80.3. The van der Waals surface area contributed by atoms with Gasteiger partial charge in [-0.15, -0.1) is 0 Å². The Morgan fingerprint density at radius 3 is 1.08 bits per heavy atom. The monoisotopic (exact) mass is 1070 g/mol. The molecule has 0 radical (unpaired) electrons. The number of carbonyl (C=O) groups excluding carboxylic acids is 2. The molecule has 17 heteroatoms. The maximum absolute atomic E-state index is 12.1. The summed E-state index contributed by atoms with van der Waals surface area (Å²) in [7, 11) is 1.31. The van der Waals surface area contributed by atoms with Gasteiger partial charge in [0.25, 0.3) is 0 Å². The van der Waals surface area contributed by atoms with Gasteiger partial charge in [-0.05, 0) is 102 Å². The van der Waals surface area contributed by atoms with Crippen molar-refractivity contribution in [2.45, 2.75) is 32.6 Å². The summed E-state index contributed by atoms with van der Waals surface area (Å²) in [5.74, 6) is -2.87. The van der Waals surface area contributed by atoms with E-state index in [0.29, 0.717) is 56.2 Å². The van der Waals surface area contributed by atoms with E-state index in [-0.39, 0.29) is 65.2 Å². The zero-order valence-electron chi connectivity index (χ0n) is 42.4. The predicted molar refractivity (Wildman–Crippen MR) is 292 cm³/mol. The van der Waals surface area contributed by atoms with E-state index in [9.17, 15) is 48.9 Å². The van der Waals surface area contributed by atoms with Crippen LogP contribution in [0.15, 0.2) is 204 Å². The molecular weight excluding hydrogens is 1020 g/mol. The van der Waals surface area contributed by atoms with Crippen molar-refractivity contribution in [3.63, 3.8) is 0 Å². The fourth-order valence-electron chi connectivity index (χ4n) is 7.98. The van der Waals surface area contributed by atoms with Gasteiger partial charge in [-0.2, -0.15) is 0 Å². The van der Waals surface area contributed by atoms with Crippen molar-refractivity contribution in [1.82, 2.24) is 0 Å². The van der Waals surface area contributed by atoms with Crippen LogP contribution in [0.2, 0.25) is 0 Å². The number of benzene rings is 7. The van der Waals surface area contributed by atoms with Gasteiger partial charge in [-0.1, -0.05) is 103 Å². The molecule has 0 aliphatic heterocycles. The van der Waals surface area contributed by atoms with Gasteiger partial charge in [-0.25, -0.2) is 28.8 Å². The first-order chi connectivity index (χ1) is 38.0. The van der Waals surface area contributed by atoms with E-state index in [4.69, 9.17) is 28.2 Å². The van der Waals surface area contributed by atoms with Crippen LogP contribution in [0.3, 0.4) is 0 Å². The molecule has 0 spiro atoms. The summed E-state index contributed by atoms with van der Waals surface area (Å²) in [5.41, 5.74) is 3.96. The average Bonchev–Trinajstić information content (AvgIpc) is 3.56. The number of ether oxygens (including phenoxy) is 2. The topological polar surface area (TPSA) is 279 Å². The minimum absolute atomic E-state index is 0.0729. The van der Waals surface area contributed by atoms with Gasteiger partial charge in [0.05, 0.1) is 69.7 Å². The fourth-order valence-corrected chi connectivity index (χ4v) is 7.98. The van der Waals surface area contributed by atoms with Crippen LogP contribution in [-0.4, -0.2) is 63.1 Å². The summed E-state index contributed by atoms with van der Waals surface area (Å²) in [5, 5.41) is 49.7. The number of carboxylic acid groups (broad SMARTS) is 2. The van der Waals surface area contributed by atoms with Crippen molar-refractivity contribution in [2.75, 3.05) is 13.7 Å². The van der Waals surface area contributed by atoms with Gasteiger partial charge in [0, 0.05) is 19.3 Å². The number of methoxy groups -OCH3 is 1. The fraction of sp³-hybridized carbons (Fsp3) is 0.113. The van der Waals surface area contributed by atoms with Crippen LogP contribution in [0.25, 0.3) is 32.9 Å². The van der Waals surface area contributed by atoms with Crippen molar-refractivity contribution in [3.05, 3.63) is 263 Å². The quantitative estimate of drug-likeness (QED) is 0.0562. The predicted octanol–water partition coefficient (Wildman–Crippen LogP) is 10.2. The molecule has 10 aromatic rings. The lowest BCUT2D eigenvalue weighted by Gasteiger charge is -2.07. The third-order valence-corrected chi connectivity index (χ3v) is 12.0. The van der Waals surface area contributed by atoms with Gasteiger partial charge in [-0.3, -0.25) is 4.79 Å². The van der Waals surface area contributed by atoms with Crippen molar-refractivity contribution in [2.24, 2.45) is 0 Å². The number of esters is 2. The summed E-state index contributed by atoms with van der Waals surface area (Å²) in [6, 6.07) is 49.0. The lowest BCUT2D eigenvalue weighted by molar-refractivity contribution is -0.136. The number of hydrogen-bond acceptors (Lipinski definition) is 15. The van der Waals surface area contributed by atoms with Crippen molar-refractivity contribution < 1.29 is 67.4 Å². The van der Waals surface area contributed by atoms with Crippen LogP contribution in [0.5, 0.6) is 17.2 Å². The molecule has 0 fully saturated rings. The standard InChI is InChI=1S/C19H16O5.C18H14O5.C17H12O5.C8H8O2/c1-2-23-18(21)13-9-7-12(8-10-13)11-15-17(20)14-5-3-4-6-16(14)24-19(15)22;1-22-17(20)12-8-6-11(7-9-12)10-14-16(19)13-4-2-3-5-15(13)23-18(14)21;18-15-12-3-1-2-4-14(12)22-17(21)13(15)9-10-5-7-11(8-6-10)16(19)20;9-8(10)6-7-4-2-1-3-5-7/h3-10,20H,2,11H2,1H3;2-9,19H,10H2,1H3;1-8,18H,9H2,(H,19,20);1-5H,6H2,(H,9,10). The van der Waals surface area contributed by atoms with Crippen molar-refractivity contribution in [3.8, 4) is 17.2 Å². The minimum Gasteiger partial charge on any atom is -0.507 e. The van der Waals surface area contributed by atoms with Gasteiger partial charge >= 0.3 is 40.8 Å². The smallest absolute Gasteiger partial charge is 0.343 e. The number of hydrogen-bond donors (Lipinski definition) is 5. The Kier molecular flexibility index (Phi) is 18.7. The largest absolute Gasteiger partial charge is 0.507 e. The molecule has 0 aliphatic carbocycles. The second-order valence-electron chi connectivity index (χ2n) is 17.3. The summed E-state index contributed by atoms with van der Waals surface area (Å²) in [6.07, 6.45) is 0.697. The second-order valence-corrected chi connectivity index (χ2v) is 17.3. The first-order valence-corrected chi connectivity index (χ1v) is 24.3. The number of para-hydroxylation sites is 3. The highest BCUT2D eigenvalue weighted by Crippen LogP contribution is 2.30. The van der Waals surface area contributed by atoms with Crippen LogP contribution < -0.4 is 16.9 Å². The van der Waals surface area contributed by atoms with Crippen LogP contribution in [-0.2, 0) is 40.0 Å². The molecule has 0 aliphatic rings.